The van der Waals surface area contributed by atoms with Gasteiger partial charge in [0.05, 0.1) is 33.3 Å². The predicted molar refractivity (Wildman–Crippen MR) is 267 cm³/mol. The van der Waals surface area contributed by atoms with Gasteiger partial charge in [-0.05, 0) is 88.3 Å². The second-order valence-corrected chi connectivity index (χ2v) is 16.5. The number of hydrogen-bond donors (Lipinski definition) is 0. The first kappa shape index (κ1) is 36.1. The van der Waals surface area contributed by atoms with Crippen LogP contribution < -0.4 is 0 Å². The van der Waals surface area contributed by atoms with E-state index in [4.69, 9.17) is 9.97 Å². The van der Waals surface area contributed by atoms with Crippen LogP contribution in [0.25, 0.3) is 122 Å². The number of benzene rings is 10. The van der Waals surface area contributed by atoms with E-state index in [0.29, 0.717) is 5.82 Å². The monoisotopic (exact) mass is 814 g/mol. The molecule has 0 spiro atoms. The quantitative estimate of drug-likeness (QED) is 0.157. The van der Waals surface area contributed by atoms with Gasteiger partial charge in [-0.3, -0.25) is 0 Å². The van der Waals surface area contributed by atoms with Crippen molar-refractivity contribution < 1.29 is 0 Å². The fourth-order valence-corrected chi connectivity index (χ4v) is 9.96. The summed E-state index contributed by atoms with van der Waals surface area (Å²) in [6, 6.07) is 82.7. The average Bonchev–Trinajstić information content (AvgIpc) is 3.89. The van der Waals surface area contributed by atoms with Crippen LogP contribution in [0.5, 0.6) is 0 Å². The Bertz CT molecular complexity index is 3920. The summed E-state index contributed by atoms with van der Waals surface area (Å²) in [7, 11) is 0. The highest BCUT2D eigenvalue weighted by Gasteiger charge is 2.19. The van der Waals surface area contributed by atoms with Crippen molar-refractivity contribution in [3.05, 3.63) is 231 Å². The molecule has 0 N–H and O–H groups in total. The van der Waals surface area contributed by atoms with Crippen LogP contribution in [0, 0.1) is 0 Å². The first-order valence-corrected chi connectivity index (χ1v) is 21.8. The summed E-state index contributed by atoms with van der Waals surface area (Å²) in [4.78, 5) is 10.6. The summed E-state index contributed by atoms with van der Waals surface area (Å²) in [5.74, 6) is 0.709. The Kier molecular flexibility index (Phi) is 8.18. The third kappa shape index (κ3) is 5.70. The van der Waals surface area contributed by atoms with Crippen LogP contribution in [-0.4, -0.2) is 19.1 Å². The molecule has 10 aromatic carbocycles. The van der Waals surface area contributed by atoms with Crippen molar-refractivity contribution in [2.75, 3.05) is 0 Å². The van der Waals surface area contributed by atoms with Gasteiger partial charge >= 0.3 is 0 Å². The molecule has 0 aliphatic carbocycles. The van der Waals surface area contributed by atoms with Gasteiger partial charge in [-0.1, -0.05) is 170 Å². The van der Waals surface area contributed by atoms with Gasteiger partial charge in [-0.2, -0.15) is 0 Å². The molecule has 4 heteroatoms. The summed E-state index contributed by atoms with van der Waals surface area (Å²) in [5.41, 5.74) is 15.6. The third-order valence-electron chi connectivity index (χ3n) is 12.9. The second-order valence-electron chi connectivity index (χ2n) is 16.5. The van der Waals surface area contributed by atoms with Crippen molar-refractivity contribution in [3.8, 4) is 56.3 Å². The fourth-order valence-electron chi connectivity index (χ4n) is 9.96. The molecule has 0 amide bonds. The maximum atomic E-state index is 5.32. The first-order chi connectivity index (χ1) is 31.7. The maximum Gasteiger partial charge on any atom is 0.160 e. The van der Waals surface area contributed by atoms with Crippen LogP contribution in [0.2, 0.25) is 0 Å². The minimum absolute atomic E-state index is 0.709. The van der Waals surface area contributed by atoms with Crippen molar-refractivity contribution in [1.82, 2.24) is 19.1 Å². The zero-order valence-corrected chi connectivity index (χ0v) is 34.7. The summed E-state index contributed by atoms with van der Waals surface area (Å²) < 4.78 is 4.78. The Hall–Kier alpha value is -8.60. The molecule has 0 aliphatic rings. The molecule has 0 fully saturated rings. The Morgan fingerprint density at radius 1 is 0.297 bits per heavy atom. The third-order valence-corrected chi connectivity index (χ3v) is 12.9. The zero-order chi connectivity index (χ0) is 42.1. The Morgan fingerprint density at radius 2 is 0.859 bits per heavy atom. The maximum absolute atomic E-state index is 5.32. The van der Waals surface area contributed by atoms with Crippen molar-refractivity contribution in [1.29, 1.82) is 0 Å². The van der Waals surface area contributed by atoms with Gasteiger partial charge in [0.15, 0.2) is 5.82 Å². The molecule has 0 atom stereocenters. The van der Waals surface area contributed by atoms with Gasteiger partial charge < -0.3 is 9.13 Å². The normalized spacial score (nSPS) is 11.8. The van der Waals surface area contributed by atoms with E-state index < -0.39 is 0 Å². The van der Waals surface area contributed by atoms with E-state index in [2.05, 4.69) is 234 Å². The molecule has 13 aromatic rings. The lowest BCUT2D eigenvalue weighted by atomic mass is 9.98. The number of rotatable bonds is 6. The van der Waals surface area contributed by atoms with Gasteiger partial charge in [0.1, 0.15) is 0 Å². The van der Waals surface area contributed by atoms with E-state index in [1.54, 1.807) is 0 Å². The van der Waals surface area contributed by atoms with Crippen LogP contribution >= 0.6 is 0 Å². The molecule has 3 heterocycles. The molecular formula is C60H38N4. The lowest BCUT2D eigenvalue weighted by molar-refractivity contribution is 1.18. The summed E-state index contributed by atoms with van der Waals surface area (Å²) in [6.45, 7) is 0. The Balaban J connectivity index is 0.939. The molecule has 0 unspecified atom stereocenters. The number of hydrogen-bond acceptors (Lipinski definition) is 2. The lowest BCUT2D eigenvalue weighted by Gasteiger charge is -2.13. The topological polar surface area (TPSA) is 35.6 Å². The number of fused-ring (bicyclic) bond motifs is 9. The number of nitrogens with zero attached hydrogens (tertiary/aromatic N) is 4. The Morgan fingerprint density at radius 3 is 1.66 bits per heavy atom. The predicted octanol–water partition coefficient (Wildman–Crippen LogP) is 15.6. The van der Waals surface area contributed by atoms with Crippen LogP contribution in [0.1, 0.15) is 0 Å². The van der Waals surface area contributed by atoms with E-state index >= 15 is 0 Å². The smallest absolute Gasteiger partial charge is 0.160 e. The van der Waals surface area contributed by atoms with Gasteiger partial charge in [0.2, 0.25) is 0 Å². The van der Waals surface area contributed by atoms with Gasteiger partial charge in [0.25, 0.3) is 0 Å². The highest BCUT2D eigenvalue weighted by molar-refractivity contribution is 6.17. The SMILES string of the molecule is c1ccc(-c2ccc(-c3nc(-c4ccc(-n5c6ccccc6c6cc(-c7cccc8c7c7ccccc7n8-c7ccccc7)ccc65)cc4)c4ccc5ccccc5c4n3)cc2)cc1. The van der Waals surface area contributed by atoms with Crippen LogP contribution in [0.15, 0.2) is 231 Å². The molecule has 0 radical (unpaired) electrons. The summed E-state index contributed by atoms with van der Waals surface area (Å²) in [5, 5.41) is 8.25. The fraction of sp³-hybridized carbons (Fsp3) is 0. The number of aromatic nitrogens is 4. The molecule has 0 saturated heterocycles. The van der Waals surface area contributed by atoms with Crippen molar-refractivity contribution in [2.24, 2.45) is 0 Å². The first-order valence-electron chi connectivity index (χ1n) is 21.8. The molecule has 64 heavy (non-hydrogen) atoms. The largest absolute Gasteiger partial charge is 0.309 e. The standard InChI is InChI=1S/C60H38N4/c1-3-14-39(15-4-1)40-26-28-43(29-27-40)60-61-58(51-36-32-41-16-7-8-19-48(41)59(51)62-60)42-30-34-46(35-31-42)63-53-23-11-9-20-49(53)52-38-44(33-37-55(52)63)47-22-13-25-56-57(47)50-21-10-12-24-54(50)64(56)45-17-5-2-6-18-45/h1-38H. The minimum atomic E-state index is 0.709. The molecule has 0 saturated carbocycles. The molecular weight excluding hydrogens is 777 g/mol. The molecule has 4 nitrogen and oxygen atoms in total. The zero-order valence-electron chi connectivity index (χ0n) is 34.7. The molecule has 3 aromatic heterocycles. The summed E-state index contributed by atoms with van der Waals surface area (Å²) >= 11 is 0. The van der Waals surface area contributed by atoms with Crippen molar-refractivity contribution in [2.45, 2.75) is 0 Å². The molecule has 0 bridgehead atoms. The van der Waals surface area contributed by atoms with E-state index in [1.165, 1.54) is 54.8 Å². The average molecular weight is 815 g/mol. The molecule has 0 aliphatic heterocycles. The van der Waals surface area contributed by atoms with Crippen LogP contribution in [0.4, 0.5) is 0 Å². The molecule has 298 valence electrons. The highest BCUT2D eigenvalue weighted by atomic mass is 15.0. The summed E-state index contributed by atoms with van der Waals surface area (Å²) in [6.07, 6.45) is 0. The highest BCUT2D eigenvalue weighted by Crippen LogP contribution is 2.42. The van der Waals surface area contributed by atoms with E-state index in [1.807, 2.05) is 6.07 Å². The molecule has 13 rings (SSSR count). The van der Waals surface area contributed by atoms with E-state index in [-0.39, 0.29) is 0 Å². The second kappa shape index (κ2) is 14.5. The van der Waals surface area contributed by atoms with Crippen molar-refractivity contribution >= 4 is 65.3 Å². The minimum Gasteiger partial charge on any atom is -0.309 e. The van der Waals surface area contributed by atoms with E-state index in [9.17, 15) is 0 Å². The number of para-hydroxylation sites is 3. The van der Waals surface area contributed by atoms with Gasteiger partial charge in [-0.25, -0.2) is 9.97 Å². The Labute approximate surface area is 369 Å². The van der Waals surface area contributed by atoms with Crippen LogP contribution in [-0.2, 0) is 0 Å². The van der Waals surface area contributed by atoms with Crippen LogP contribution in [0.3, 0.4) is 0 Å². The van der Waals surface area contributed by atoms with Crippen molar-refractivity contribution in [3.63, 3.8) is 0 Å². The van der Waals surface area contributed by atoms with Gasteiger partial charge in [-0.15, -0.1) is 0 Å². The van der Waals surface area contributed by atoms with Gasteiger partial charge in [0, 0.05) is 54.8 Å². The van der Waals surface area contributed by atoms with E-state index in [0.717, 1.165) is 61.0 Å². The lowest BCUT2D eigenvalue weighted by Crippen LogP contribution is -1.97.